The van der Waals surface area contributed by atoms with Gasteiger partial charge in [0.25, 0.3) is 5.91 Å². The number of piperidine rings is 1. The molecule has 0 saturated carbocycles. The summed E-state index contributed by atoms with van der Waals surface area (Å²) in [4.78, 5) is 19.9. The average molecular weight is 417 g/mol. The smallest absolute Gasteiger partial charge is 0.253 e. The average Bonchev–Trinajstić information content (AvgIpc) is 3.34. The minimum Gasteiger partial charge on any atom is -0.383 e. The van der Waals surface area contributed by atoms with Crippen LogP contribution in [0.3, 0.4) is 0 Å². The Morgan fingerprint density at radius 3 is 2.65 bits per heavy atom. The first-order chi connectivity index (χ1) is 15.2. The normalized spacial score (nSPS) is 14.6. The fourth-order valence-electron chi connectivity index (χ4n) is 4.66. The van der Waals surface area contributed by atoms with E-state index in [1.165, 1.54) is 17.3 Å². The van der Waals surface area contributed by atoms with E-state index in [4.69, 9.17) is 9.72 Å². The molecule has 1 fully saturated rings. The summed E-state index contributed by atoms with van der Waals surface area (Å²) in [5, 5.41) is 1.18. The third kappa shape index (κ3) is 3.51. The number of likely N-dealkylation sites (tertiary alicyclic amines) is 1. The quantitative estimate of drug-likeness (QED) is 0.482. The summed E-state index contributed by atoms with van der Waals surface area (Å²) in [6, 6.07) is 16.5. The second-order valence-electron chi connectivity index (χ2n) is 8.28. The number of fused-ring (bicyclic) bond motifs is 2. The van der Waals surface area contributed by atoms with E-state index in [2.05, 4.69) is 39.5 Å². The van der Waals surface area contributed by atoms with Gasteiger partial charge in [-0.05, 0) is 49.6 Å². The monoisotopic (exact) mass is 416 g/mol. The Labute approximate surface area is 182 Å². The minimum atomic E-state index is 0.114. The molecule has 160 valence electrons. The Kier molecular flexibility index (Phi) is 5.24. The van der Waals surface area contributed by atoms with Crippen LogP contribution in [0.1, 0.15) is 29.6 Å². The SMILES string of the molecule is COCCn1c(-c2nc3cc(C(=O)N4CCCCC4)ccc3n2C)cc2ccccc21. The number of methoxy groups -OCH3 is 1. The maximum absolute atomic E-state index is 13.0. The lowest BCUT2D eigenvalue weighted by atomic mass is 10.1. The number of aromatic nitrogens is 3. The lowest BCUT2D eigenvalue weighted by Gasteiger charge is -2.26. The molecule has 5 rings (SSSR count). The van der Waals surface area contributed by atoms with Crippen molar-refractivity contribution < 1.29 is 9.53 Å². The number of amides is 1. The van der Waals surface area contributed by atoms with E-state index < -0.39 is 0 Å². The molecular formula is C25H28N4O2. The van der Waals surface area contributed by atoms with Crippen LogP contribution < -0.4 is 0 Å². The summed E-state index contributed by atoms with van der Waals surface area (Å²) >= 11 is 0. The van der Waals surface area contributed by atoms with E-state index in [0.717, 1.165) is 60.6 Å². The van der Waals surface area contributed by atoms with Crippen LogP contribution in [0.5, 0.6) is 0 Å². The maximum atomic E-state index is 13.0. The van der Waals surface area contributed by atoms with Crippen molar-refractivity contribution in [3.8, 4) is 11.5 Å². The fraction of sp³-hybridized carbons (Fsp3) is 0.360. The van der Waals surface area contributed by atoms with Crippen molar-refractivity contribution in [2.45, 2.75) is 25.8 Å². The van der Waals surface area contributed by atoms with Crippen molar-refractivity contribution in [3.05, 3.63) is 54.1 Å². The molecule has 0 spiro atoms. The molecule has 1 aliphatic heterocycles. The summed E-state index contributed by atoms with van der Waals surface area (Å²) in [6.45, 7) is 3.08. The molecule has 0 N–H and O–H groups in total. The highest BCUT2D eigenvalue weighted by atomic mass is 16.5. The first-order valence-corrected chi connectivity index (χ1v) is 11.0. The van der Waals surface area contributed by atoms with Crippen LogP contribution in [-0.2, 0) is 18.3 Å². The summed E-state index contributed by atoms with van der Waals surface area (Å²) < 4.78 is 9.73. The number of rotatable bonds is 5. The number of benzene rings is 2. The van der Waals surface area contributed by atoms with Gasteiger partial charge in [-0.25, -0.2) is 4.98 Å². The second-order valence-corrected chi connectivity index (χ2v) is 8.28. The lowest BCUT2D eigenvalue weighted by molar-refractivity contribution is 0.0724. The van der Waals surface area contributed by atoms with Gasteiger partial charge in [0.1, 0.15) is 0 Å². The van der Waals surface area contributed by atoms with Gasteiger partial charge < -0.3 is 18.8 Å². The van der Waals surface area contributed by atoms with Crippen molar-refractivity contribution in [2.75, 3.05) is 26.8 Å². The van der Waals surface area contributed by atoms with Gasteiger partial charge in [-0.3, -0.25) is 4.79 Å². The van der Waals surface area contributed by atoms with Crippen LogP contribution >= 0.6 is 0 Å². The number of hydrogen-bond acceptors (Lipinski definition) is 3. The molecule has 6 heteroatoms. The van der Waals surface area contributed by atoms with Gasteiger partial charge in [0.15, 0.2) is 5.82 Å². The highest BCUT2D eigenvalue weighted by molar-refractivity contribution is 5.98. The molecule has 0 unspecified atom stereocenters. The molecule has 6 nitrogen and oxygen atoms in total. The van der Waals surface area contributed by atoms with Gasteiger partial charge in [0.2, 0.25) is 0 Å². The van der Waals surface area contributed by atoms with Crippen molar-refractivity contribution in [3.63, 3.8) is 0 Å². The number of carbonyl (C=O) groups is 1. The molecule has 3 heterocycles. The third-order valence-electron chi connectivity index (χ3n) is 6.33. The van der Waals surface area contributed by atoms with E-state index in [-0.39, 0.29) is 5.91 Å². The Morgan fingerprint density at radius 2 is 1.84 bits per heavy atom. The van der Waals surface area contributed by atoms with Crippen LogP contribution in [0, 0.1) is 0 Å². The minimum absolute atomic E-state index is 0.114. The number of hydrogen-bond donors (Lipinski definition) is 0. The van der Waals surface area contributed by atoms with Crippen LogP contribution in [0.4, 0.5) is 0 Å². The first kappa shape index (κ1) is 19.8. The Hall–Kier alpha value is -3.12. The fourth-order valence-corrected chi connectivity index (χ4v) is 4.66. The second kappa shape index (κ2) is 8.19. The number of carbonyl (C=O) groups excluding carboxylic acids is 1. The largest absolute Gasteiger partial charge is 0.383 e. The Morgan fingerprint density at radius 1 is 1.03 bits per heavy atom. The van der Waals surface area contributed by atoms with E-state index in [1.54, 1.807) is 7.11 Å². The number of ether oxygens (including phenoxy) is 1. The molecule has 0 atom stereocenters. The van der Waals surface area contributed by atoms with Crippen molar-refractivity contribution in [2.24, 2.45) is 7.05 Å². The topological polar surface area (TPSA) is 52.3 Å². The van der Waals surface area contributed by atoms with Crippen LogP contribution in [-0.4, -0.2) is 51.7 Å². The first-order valence-electron chi connectivity index (χ1n) is 11.0. The molecule has 1 amide bonds. The number of aryl methyl sites for hydroxylation is 1. The predicted octanol–water partition coefficient (Wildman–Crippen LogP) is 4.47. The van der Waals surface area contributed by atoms with Gasteiger partial charge in [-0.15, -0.1) is 0 Å². The molecule has 0 aliphatic carbocycles. The standard InChI is InChI=1S/C25H28N4O2/c1-27-22-11-10-19(25(30)28-12-6-3-7-13-28)16-20(22)26-24(27)23-17-18-8-4-5-9-21(18)29(23)14-15-31-2/h4-5,8-11,16-17H,3,6-7,12-15H2,1-2H3. The van der Waals surface area contributed by atoms with Crippen LogP contribution in [0.25, 0.3) is 33.5 Å². The zero-order valence-corrected chi connectivity index (χ0v) is 18.2. The van der Waals surface area contributed by atoms with Crippen LogP contribution in [0.15, 0.2) is 48.5 Å². The van der Waals surface area contributed by atoms with Crippen LogP contribution in [0.2, 0.25) is 0 Å². The molecular weight excluding hydrogens is 388 g/mol. The van der Waals surface area contributed by atoms with Gasteiger partial charge in [-0.2, -0.15) is 0 Å². The highest BCUT2D eigenvalue weighted by Crippen LogP contribution is 2.30. The summed E-state index contributed by atoms with van der Waals surface area (Å²) in [5.41, 5.74) is 4.82. The summed E-state index contributed by atoms with van der Waals surface area (Å²) in [6.07, 6.45) is 3.39. The molecule has 2 aromatic carbocycles. The Bertz CT molecular complexity index is 1250. The lowest BCUT2D eigenvalue weighted by Crippen LogP contribution is -2.35. The number of nitrogens with zero attached hydrogens (tertiary/aromatic N) is 4. The van der Waals surface area contributed by atoms with E-state index in [9.17, 15) is 4.79 Å². The van der Waals surface area contributed by atoms with Gasteiger partial charge in [0.05, 0.1) is 23.3 Å². The molecule has 1 saturated heterocycles. The molecule has 0 bridgehead atoms. The molecule has 2 aromatic heterocycles. The molecule has 0 radical (unpaired) electrons. The van der Waals surface area contributed by atoms with E-state index in [0.29, 0.717) is 6.61 Å². The Balaban J connectivity index is 1.58. The van der Waals surface area contributed by atoms with Crippen molar-refractivity contribution in [1.82, 2.24) is 19.0 Å². The van der Waals surface area contributed by atoms with Gasteiger partial charge in [-0.1, -0.05) is 18.2 Å². The third-order valence-corrected chi connectivity index (χ3v) is 6.33. The van der Waals surface area contributed by atoms with Gasteiger partial charge >= 0.3 is 0 Å². The van der Waals surface area contributed by atoms with E-state index >= 15 is 0 Å². The number of para-hydroxylation sites is 1. The summed E-state index contributed by atoms with van der Waals surface area (Å²) in [5.74, 6) is 1.01. The highest BCUT2D eigenvalue weighted by Gasteiger charge is 2.21. The zero-order valence-electron chi connectivity index (χ0n) is 18.2. The molecule has 4 aromatic rings. The van der Waals surface area contributed by atoms with Crippen molar-refractivity contribution >= 4 is 27.8 Å². The van der Waals surface area contributed by atoms with Crippen molar-refractivity contribution in [1.29, 1.82) is 0 Å². The maximum Gasteiger partial charge on any atom is 0.253 e. The number of imidazole rings is 1. The molecule has 31 heavy (non-hydrogen) atoms. The predicted molar refractivity (Wildman–Crippen MR) is 123 cm³/mol. The van der Waals surface area contributed by atoms with Gasteiger partial charge in [0, 0.05) is 50.3 Å². The zero-order chi connectivity index (χ0) is 21.4. The molecule has 1 aliphatic rings. The van der Waals surface area contributed by atoms with E-state index in [1.807, 2.05) is 30.1 Å². The summed E-state index contributed by atoms with van der Waals surface area (Å²) in [7, 11) is 3.76.